The van der Waals surface area contributed by atoms with Crippen molar-refractivity contribution in [3.8, 4) is 5.75 Å². The first-order chi connectivity index (χ1) is 8.40. The van der Waals surface area contributed by atoms with Crippen LogP contribution in [-0.2, 0) is 4.79 Å². The summed E-state index contributed by atoms with van der Waals surface area (Å²) in [7, 11) is 0. The largest absolute Gasteiger partial charge is 0.425 e. The monoisotopic (exact) mass is 286 g/mol. The summed E-state index contributed by atoms with van der Waals surface area (Å²) in [6, 6.07) is 2.93. The zero-order chi connectivity index (χ0) is 13.4. The third-order valence-corrected chi connectivity index (χ3v) is 3.14. The first-order valence-electron chi connectivity index (χ1n) is 5.01. The fourth-order valence-corrected chi connectivity index (χ4v) is 1.90. The quantitative estimate of drug-likeness (QED) is 0.458. The van der Waals surface area contributed by atoms with Crippen LogP contribution in [0.25, 0.3) is 11.0 Å². The van der Waals surface area contributed by atoms with Crippen LogP contribution < -0.4 is 10.4 Å². The molecule has 0 unspecified atom stereocenters. The van der Waals surface area contributed by atoms with Crippen LogP contribution in [0.15, 0.2) is 21.3 Å². The standard InChI is InChI=1S/C12H8Cl2O4/c1-5-7-3-8(13)10(17-6(2)15)4-9(7)18-12(16)11(5)14/h3-4H,1-2H3. The Bertz CT molecular complexity index is 703. The van der Waals surface area contributed by atoms with Gasteiger partial charge in [0.1, 0.15) is 10.6 Å². The zero-order valence-electron chi connectivity index (χ0n) is 9.54. The predicted molar refractivity (Wildman–Crippen MR) is 68.6 cm³/mol. The van der Waals surface area contributed by atoms with Gasteiger partial charge >= 0.3 is 11.6 Å². The Morgan fingerprint density at radius 2 is 2.00 bits per heavy atom. The number of rotatable bonds is 1. The van der Waals surface area contributed by atoms with Crippen molar-refractivity contribution in [3.63, 3.8) is 0 Å². The molecule has 6 heteroatoms. The third-order valence-electron chi connectivity index (χ3n) is 2.40. The van der Waals surface area contributed by atoms with Crippen LogP contribution in [0.1, 0.15) is 12.5 Å². The van der Waals surface area contributed by atoms with Crippen molar-refractivity contribution in [1.29, 1.82) is 0 Å². The molecule has 18 heavy (non-hydrogen) atoms. The van der Waals surface area contributed by atoms with E-state index in [1.165, 1.54) is 13.0 Å². The lowest BCUT2D eigenvalue weighted by Gasteiger charge is -2.07. The summed E-state index contributed by atoms with van der Waals surface area (Å²) >= 11 is 11.8. The van der Waals surface area contributed by atoms with Crippen LogP contribution >= 0.6 is 23.2 Å². The van der Waals surface area contributed by atoms with Gasteiger partial charge in [0.25, 0.3) is 0 Å². The van der Waals surface area contributed by atoms with Crippen LogP contribution in [0.5, 0.6) is 5.75 Å². The molecule has 0 saturated carbocycles. The molecule has 0 aliphatic carbocycles. The molecule has 4 nitrogen and oxygen atoms in total. The van der Waals surface area contributed by atoms with Gasteiger partial charge in [0.05, 0.1) is 5.02 Å². The number of benzene rings is 1. The number of carbonyl (C=O) groups is 1. The van der Waals surface area contributed by atoms with Crippen molar-refractivity contribution < 1.29 is 13.9 Å². The minimum absolute atomic E-state index is 0.0128. The maximum Gasteiger partial charge on any atom is 0.355 e. The van der Waals surface area contributed by atoms with Crippen molar-refractivity contribution in [2.24, 2.45) is 0 Å². The summed E-state index contributed by atoms with van der Waals surface area (Å²) < 4.78 is 9.91. The number of halogens is 2. The molecule has 0 N–H and O–H groups in total. The Labute approximate surface area is 112 Å². The van der Waals surface area contributed by atoms with E-state index in [1.807, 2.05) is 0 Å². The molecule has 0 amide bonds. The predicted octanol–water partition coefficient (Wildman–Crippen LogP) is 3.33. The molecule has 0 saturated heterocycles. The van der Waals surface area contributed by atoms with Crippen LogP contribution in [0, 0.1) is 6.92 Å². The lowest BCUT2D eigenvalue weighted by Crippen LogP contribution is -2.04. The number of hydrogen-bond acceptors (Lipinski definition) is 4. The second-order valence-corrected chi connectivity index (χ2v) is 4.49. The van der Waals surface area contributed by atoms with Gasteiger partial charge in [-0.15, -0.1) is 0 Å². The summed E-state index contributed by atoms with van der Waals surface area (Å²) in [6.45, 7) is 2.94. The van der Waals surface area contributed by atoms with Crippen molar-refractivity contribution in [2.75, 3.05) is 0 Å². The second kappa shape index (κ2) is 4.63. The normalized spacial score (nSPS) is 10.7. The van der Waals surface area contributed by atoms with E-state index in [4.69, 9.17) is 32.4 Å². The lowest BCUT2D eigenvalue weighted by molar-refractivity contribution is -0.131. The van der Waals surface area contributed by atoms with Crippen molar-refractivity contribution in [1.82, 2.24) is 0 Å². The smallest absolute Gasteiger partial charge is 0.355 e. The third kappa shape index (κ3) is 2.21. The van der Waals surface area contributed by atoms with Gasteiger partial charge in [-0.05, 0) is 18.6 Å². The van der Waals surface area contributed by atoms with Crippen LogP contribution in [0.2, 0.25) is 10.0 Å². The highest BCUT2D eigenvalue weighted by atomic mass is 35.5. The Morgan fingerprint density at radius 3 is 2.61 bits per heavy atom. The second-order valence-electron chi connectivity index (χ2n) is 3.70. The molecule has 1 aromatic heterocycles. The van der Waals surface area contributed by atoms with Crippen LogP contribution in [0.3, 0.4) is 0 Å². The number of fused-ring (bicyclic) bond motifs is 1. The summed E-state index contributed by atoms with van der Waals surface area (Å²) in [5.74, 6) is -0.370. The number of esters is 1. The molecule has 2 aromatic rings. The van der Waals surface area contributed by atoms with E-state index in [-0.39, 0.29) is 21.4 Å². The van der Waals surface area contributed by atoms with Crippen LogP contribution in [-0.4, -0.2) is 5.97 Å². The van der Waals surface area contributed by atoms with Gasteiger partial charge in [-0.1, -0.05) is 23.2 Å². The topological polar surface area (TPSA) is 56.5 Å². The molecule has 0 bridgehead atoms. The molecule has 0 fully saturated rings. The van der Waals surface area contributed by atoms with E-state index in [0.717, 1.165) is 0 Å². The summed E-state index contributed by atoms with van der Waals surface area (Å²) in [5, 5.41) is 0.852. The van der Waals surface area contributed by atoms with E-state index in [1.54, 1.807) is 13.0 Å². The van der Waals surface area contributed by atoms with Crippen molar-refractivity contribution in [3.05, 3.63) is 38.2 Å². The van der Waals surface area contributed by atoms with Crippen LogP contribution in [0.4, 0.5) is 0 Å². The van der Waals surface area contributed by atoms with Gasteiger partial charge < -0.3 is 9.15 Å². The minimum Gasteiger partial charge on any atom is -0.425 e. The van der Waals surface area contributed by atoms with Gasteiger partial charge in [-0.3, -0.25) is 4.79 Å². The fourth-order valence-electron chi connectivity index (χ4n) is 1.56. The molecule has 2 rings (SSSR count). The molecular formula is C12H8Cl2O4. The first kappa shape index (κ1) is 12.9. The van der Waals surface area contributed by atoms with Gasteiger partial charge in [0.2, 0.25) is 0 Å². The number of aryl methyl sites for hydroxylation is 1. The molecule has 0 radical (unpaired) electrons. The first-order valence-corrected chi connectivity index (χ1v) is 5.76. The Balaban J connectivity index is 2.76. The minimum atomic E-state index is -0.641. The molecular weight excluding hydrogens is 279 g/mol. The van der Waals surface area contributed by atoms with Gasteiger partial charge in [-0.25, -0.2) is 4.79 Å². The van der Waals surface area contributed by atoms with Gasteiger partial charge in [-0.2, -0.15) is 0 Å². The Morgan fingerprint density at radius 1 is 1.33 bits per heavy atom. The average molecular weight is 287 g/mol. The van der Waals surface area contributed by atoms with E-state index < -0.39 is 11.6 Å². The van der Waals surface area contributed by atoms with Crippen molar-refractivity contribution in [2.45, 2.75) is 13.8 Å². The molecule has 1 aromatic carbocycles. The molecule has 0 aliphatic rings. The maximum atomic E-state index is 11.4. The van der Waals surface area contributed by atoms with Crippen molar-refractivity contribution >= 4 is 40.1 Å². The summed E-state index contributed by atoms with van der Waals surface area (Å²) in [6.07, 6.45) is 0. The highest BCUT2D eigenvalue weighted by molar-refractivity contribution is 6.34. The number of hydrogen-bond donors (Lipinski definition) is 0. The average Bonchev–Trinajstić information content (AvgIpc) is 2.28. The number of ether oxygens (including phenoxy) is 1. The molecule has 1 heterocycles. The molecule has 94 valence electrons. The van der Waals surface area contributed by atoms with Gasteiger partial charge in [0, 0.05) is 18.4 Å². The van der Waals surface area contributed by atoms with Gasteiger partial charge in [0.15, 0.2) is 5.75 Å². The summed E-state index contributed by atoms with van der Waals surface area (Å²) in [5.41, 5.74) is 0.194. The SMILES string of the molecule is CC(=O)Oc1cc2oc(=O)c(Cl)c(C)c2cc1Cl. The highest BCUT2D eigenvalue weighted by Crippen LogP contribution is 2.32. The zero-order valence-corrected chi connectivity index (χ0v) is 11.1. The fraction of sp³-hybridized carbons (Fsp3) is 0.167. The van der Waals surface area contributed by atoms with E-state index in [0.29, 0.717) is 10.9 Å². The summed E-state index contributed by atoms with van der Waals surface area (Å²) in [4.78, 5) is 22.3. The Kier molecular flexibility index (Phi) is 3.32. The number of carbonyl (C=O) groups excluding carboxylic acids is 1. The van der Waals surface area contributed by atoms with E-state index >= 15 is 0 Å². The molecule has 0 aliphatic heterocycles. The molecule has 0 atom stereocenters. The van der Waals surface area contributed by atoms with E-state index in [9.17, 15) is 9.59 Å². The maximum absolute atomic E-state index is 11.4. The van der Waals surface area contributed by atoms with E-state index in [2.05, 4.69) is 0 Å². The Hall–Kier alpha value is -1.52. The highest BCUT2D eigenvalue weighted by Gasteiger charge is 2.13. The molecule has 0 spiro atoms. The lowest BCUT2D eigenvalue weighted by atomic mass is 10.1.